The highest BCUT2D eigenvalue weighted by Crippen LogP contribution is 2.28. The zero-order chi connectivity index (χ0) is 10.1. The number of β-amino-alcohol motifs (C(OH)–C–C–N with tert-alkyl or cyclic N) is 1. The first-order valence-electron chi connectivity index (χ1n) is 4.41. The number of amides is 1. The Balaban J connectivity index is 2.32. The van der Waals surface area contributed by atoms with Crippen LogP contribution in [0.25, 0.3) is 0 Å². The van der Waals surface area contributed by atoms with Crippen molar-refractivity contribution in [2.24, 2.45) is 0 Å². The van der Waals surface area contributed by atoms with Gasteiger partial charge in [0.25, 0.3) is 0 Å². The highest BCUT2D eigenvalue weighted by Gasteiger charge is 2.29. The number of anilines is 1. The van der Waals surface area contributed by atoms with Gasteiger partial charge in [0.1, 0.15) is 0 Å². The molecule has 0 radical (unpaired) electrons. The number of aliphatic hydroxyl groups excluding tert-OH is 1. The van der Waals surface area contributed by atoms with Gasteiger partial charge < -0.3 is 10.0 Å². The number of para-hydroxylation sites is 1. The highest BCUT2D eigenvalue weighted by molar-refractivity contribution is 6.33. The molecule has 1 unspecified atom stereocenters. The summed E-state index contributed by atoms with van der Waals surface area (Å²) < 4.78 is 0. The molecule has 1 N–H and O–H groups in total. The van der Waals surface area contributed by atoms with Crippen LogP contribution in [0.3, 0.4) is 0 Å². The number of carbonyl (C=O) groups is 1. The number of rotatable bonds is 1. The van der Waals surface area contributed by atoms with Crippen molar-refractivity contribution in [2.75, 3.05) is 11.4 Å². The number of hydrogen-bond donors (Lipinski definition) is 1. The molecule has 14 heavy (non-hydrogen) atoms. The molecule has 1 atom stereocenters. The molecule has 1 saturated heterocycles. The average Bonchev–Trinajstić information content (AvgIpc) is 2.46. The van der Waals surface area contributed by atoms with Crippen molar-refractivity contribution in [3.05, 3.63) is 29.3 Å². The van der Waals surface area contributed by atoms with Crippen LogP contribution in [0.4, 0.5) is 5.69 Å². The van der Waals surface area contributed by atoms with Crippen LogP contribution in [0.5, 0.6) is 0 Å². The van der Waals surface area contributed by atoms with E-state index < -0.39 is 6.10 Å². The minimum atomic E-state index is -0.571. The standard InChI is InChI=1S/C10H10ClNO2/c11-8-3-1-2-4-9(8)12-6-7(13)5-10(12)14/h1-4,7,13H,5-6H2. The molecule has 1 fully saturated rings. The second kappa shape index (κ2) is 3.59. The molecule has 0 aliphatic carbocycles. The molecule has 0 bridgehead atoms. The fraction of sp³-hybridized carbons (Fsp3) is 0.300. The lowest BCUT2D eigenvalue weighted by Crippen LogP contribution is -2.25. The van der Waals surface area contributed by atoms with E-state index in [1.165, 1.54) is 4.90 Å². The van der Waals surface area contributed by atoms with Gasteiger partial charge in [-0.15, -0.1) is 0 Å². The second-order valence-electron chi connectivity index (χ2n) is 3.31. The fourth-order valence-electron chi connectivity index (χ4n) is 1.59. The van der Waals surface area contributed by atoms with Crippen LogP contribution in [0.15, 0.2) is 24.3 Å². The number of hydrogen-bond acceptors (Lipinski definition) is 2. The minimum Gasteiger partial charge on any atom is -0.391 e. The Kier molecular flexibility index (Phi) is 2.44. The lowest BCUT2D eigenvalue weighted by atomic mass is 10.3. The summed E-state index contributed by atoms with van der Waals surface area (Å²) in [5, 5.41) is 9.85. The Morgan fingerprint density at radius 1 is 1.43 bits per heavy atom. The summed E-state index contributed by atoms with van der Waals surface area (Å²) in [6.45, 7) is 0.336. The maximum Gasteiger partial charge on any atom is 0.229 e. The first-order chi connectivity index (χ1) is 6.68. The van der Waals surface area contributed by atoms with Crippen molar-refractivity contribution in [1.29, 1.82) is 0 Å². The van der Waals surface area contributed by atoms with Crippen LogP contribution < -0.4 is 4.90 Å². The maximum absolute atomic E-state index is 11.4. The van der Waals surface area contributed by atoms with Crippen molar-refractivity contribution in [1.82, 2.24) is 0 Å². The van der Waals surface area contributed by atoms with Crippen LogP contribution in [0.1, 0.15) is 6.42 Å². The normalized spacial score (nSPS) is 21.7. The van der Waals surface area contributed by atoms with Gasteiger partial charge in [0.15, 0.2) is 0 Å². The molecule has 1 aromatic carbocycles. The van der Waals surface area contributed by atoms with E-state index in [4.69, 9.17) is 11.6 Å². The largest absolute Gasteiger partial charge is 0.391 e. The van der Waals surface area contributed by atoms with E-state index in [0.717, 1.165) is 0 Å². The Labute approximate surface area is 86.9 Å². The summed E-state index contributed by atoms with van der Waals surface area (Å²) in [5.74, 6) is -0.0781. The number of aliphatic hydroxyl groups is 1. The van der Waals surface area contributed by atoms with Crippen LogP contribution in [-0.2, 0) is 4.79 Å². The molecule has 4 heteroatoms. The molecule has 74 valence electrons. The Hall–Kier alpha value is -1.06. The van der Waals surface area contributed by atoms with Crippen molar-refractivity contribution in [2.45, 2.75) is 12.5 Å². The minimum absolute atomic E-state index is 0.0781. The number of nitrogens with zero attached hydrogens (tertiary/aromatic N) is 1. The summed E-state index contributed by atoms with van der Waals surface area (Å²) in [6.07, 6.45) is -0.385. The predicted molar refractivity (Wildman–Crippen MR) is 54.4 cm³/mol. The van der Waals surface area contributed by atoms with Crippen LogP contribution >= 0.6 is 11.6 Å². The third kappa shape index (κ3) is 1.61. The van der Waals surface area contributed by atoms with Gasteiger partial charge in [0.05, 0.1) is 29.8 Å². The van der Waals surface area contributed by atoms with Gasteiger partial charge in [-0.1, -0.05) is 23.7 Å². The van der Waals surface area contributed by atoms with E-state index in [9.17, 15) is 9.90 Å². The van der Waals surface area contributed by atoms with Gasteiger partial charge in [0, 0.05) is 0 Å². The van der Waals surface area contributed by atoms with Gasteiger partial charge >= 0.3 is 0 Å². The van der Waals surface area contributed by atoms with Crippen LogP contribution in [0.2, 0.25) is 5.02 Å². The second-order valence-corrected chi connectivity index (χ2v) is 3.72. The number of carbonyl (C=O) groups excluding carboxylic acids is 1. The maximum atomic E-state index is 11.4. The molecule has 1 aromatic rings. The molecule has 2 rings (SSSR count). The molecule has 0 saturated carbocycles. The molecular formula is C10H10ClNO2. The van der Waals surface area contributed by atoms with Crippen LogP contribution in [0, 0.1) is 0 Å². The van der Waals surface area contributed by atoms with Gasteiger partial charge in [-0.05, 0) is 12.1 Å². The quantitative estimate of drug-likeness (QED) is 0.764. The molecular weight excluding hydrogens is 202 g/mol. The van der Waals surface area contributed by atoms with Gasteiger partial charge in [-0.3, -0.25) is 4.79 Å². The summed E-state index contributed by atoms with van der Waals surface area (Å²) in [5.41, 5.74) is 0.677. The Morgan fingerprint density at radius 2 is 2.14 bits per heavy atom. The van der Waals surface area contributed by atoms with Crippen molar-refractivity contribution < 1.29 is 9.90 Å². The molecule has 1 amide bonds. The Morgan fingerprint density at radius 3 is 2.71 bits per heavy atom. The predicted octanol–water partition coefficient (Wildman–Crippen LogP) is 1.44. The summed E-state index contributed by atoms with van der Waals surface area (Å²) >= 11 is 5.94. The third-order valence-corrected chi connectivity index (χ3v) is 2.57. The molecule has 3 nitrogen and oxygen atoms in total. The number of halogens is 1. The van der Waals surface area contributed by atoms with E-state index in [1.807, 2.05) is 12.1 Å². The zero-order valence-electron chi connectivity index (χ0n) is 7.48. The fourth-order valence-corrected chi connectivity index (χ4v) is 1.83. The first-order valence-corrected chi connectivity index (χ1v) is 4.79. The SMILES string of the molecule is O=C1CC(O)CN1c1ccccc1Cl. The van der Waals surface area contributed by atoms with Gasteiger partial charge in [-0.25, -0.2) is 0 Å². The van der Waals surface area contributed by atoms with E-state index in [1.54, 1.807) is 12.1 Å². The topological polar surface area (TPSA) is 40.5 Å². The van der Waals surface area contributed by atoms with E-state index in [2.05, 4.69) is 0 Å². The zero-order valence-corrected chi connectivity index (χ0v) is 8.24. The molecule has 1 aliphatic heterocycles. The van der Waals surface area contributed by atoms with Crippen molar-refractivity contribution in [3.8, 4) is 0 Å². The Bertz CT molecular complexity index is 367. The third-order valence-electron chi connectivity index (χ3n) is 2.25. The average molecular weight is 212 g/mol. The molecule has 0 spiro atoms. The summed E-state index contributed by atoms with van der Waals surface area (Å²) in [6, 6.07) is 7.13. The smallest absolute Gasteiger partial charge is 0.229 e. The molecule has 0 aromatic heterocycles. The van der Waals surface area contributed by atoms with E-state index in [0.29, 0.717) is 17.3 Å². The van der Waals surface area contributed by atoms with E-state index >= 15 is 0 Å². The van der Waals surface area contributed by atoms with Crippen LogP contribution in [-0.4, -0.2) is 23.7 Å². The van der Waals surface area contributed by atoms with Crippen molar-refractivity contribution in [3.63, 3.8) is 0 Å². The summed E-state index contributed by atoms with van der Waals surface area (Å²) in [4.78, 5) is 13.0. The monoisotopic (exact) mass is 211 g/mol. The number of benzene rings is 1. The van der Waals surface area contributed by atoms with Crippen molar-refractivity contribution >= 4 is 23.2 Å². The highest BCUT2D eigenvalue weighted by atomic mass is 35.5. The van der Waals surface area contributed by atoms with E-state index in [-0.39, 0.29) is 12.3 Å². The molecule has 1 aliphatic rings. The lowest BCUT2D eigenvalue weighted by molar-refractivity contribution is -0.117. The lowest BCUT2D eigenvalue weighted by Gasteiger charge is -2.16. The van der Waals surface area contributed by atoms with Gasteiger partial charge in [-0.2, -0.15) is 0 Å². The first kappa shape index (κ1) is 9.49. The molecule has 1 heterocycles. The summed E-state index contributed by atoms with van der Waals surface area (Å²) in [7, 11) is 0. The van der Waals surface area contributed by atoms with Gasteiger partial charge in [0.2, 0.25) is 5.91 Å².